The van der Waals surface area contributed by atoms with Gasteiger partial charge in [0.25, 0.3) is 0 Å². The number of piperidine rings is 1. The van der Waals surface area contributed by atoms with Gasteiger partial charge in [0, 0.05) is 25.0 Å². The highest BCUT2D eigenvalue weighted by atomic mass is 16.2. The van der Waals surface area contributed by atoms with Crippen LogP contribution in [0, 0.1) is 5.92 Å². The maximum Gasteiger partial charge on any atom is 0.242 e. The summed E-state index contributed by atoms with van der Waals surface area (Å²) in [6, 6.07) is 0.245. The van der Waals surface area contributed by atoms with E-state index in [9.17, 15) is 9.59 Å². The van der Waals surface area contributed by atoms with Crippen molar-refractivity contribution < 1.29 is 9.59 Å². The summed E-state index contributed by atoms with van der Waals surface area (Å²) >= 11 is 0. The molecule has 0 atom stereocenters. The van der Waals surface area contributed by atoms with Gasteiger partial charge < -0.3 is 15.5 Å². The summed E-state index contributed by atoms with van der Waals surface area (Å²) in [5.41, 5.74) is -0.501. The third-order valence-corrected chi connectivity index (χ3v) is 4.23. The smallest absolute Gasteiger partial charge is 0.242 e. The minimum absolute atomic E-state index is 0.159. The van der Waals surface area contributed by atoms with Crippen molar-refractivity contribution in [3.05, 3.63) is 0 Å². The second kappa shape index (κ2) is 6.12. The van der Waals surface area contributed by atoms with Crippen molar-refractivity contribution >= 4 is 11.8 Å². The molecule has 2 aliphatic rings. The third kappa shape index (κ3) is 3.72. The maximum atomic E-state index is 12.4. The van der Waals surface area contributed by atoms with E-state index in [-0.39, 0.29) is 23.8 Å². The first-order valence-electron chi connectivity index (χ1n) is 7.79. The van der Waals surface area contributed by atoms with E-state index in [0.717, 1.165) is 45.3 Å². The SMILES string of the molecule is CCNC(C)(C)C(=O)N1CCC(NC(=O)C2CC2)CC1. The maximum absolute atomic E-state index is 12.4. The van der Waals surface area contributed by atoms with Gasteiger partial charge in [0.05, 0.1) is 5.54 Å². The second-order valence-electron chi connectivity index (χ2n) is 6.50. The molecule has 0 aromatic carbocycles. The van der Waals surface area contributed by atoms with Crippen LogP contribution in [0.3, 0.4) is 0 Å². The number of nitrogens with one attached hydrogen (secondary N) is 2. The highest BCUT2D eigenvalue weighted by Gasteiger charge is 2.35. The predicted molar refractivity (Wildman–Crippen MR) is 78.2 cm³/mol. The first kappa shape index (κ1) is 15.3. The molecule has 0 aromatic rings. The van der Waals surface area contributed by atoms with Crippen molar-refractivity contribution in [2.24, 2.45) is 5.92 Å². The molecule has 2 rings (SSSR count). The summed E-state index contributed by atoms with van der Waals surface area (Å²) in [4.78, 5) is 26.1. The predicted octanol–water partition coefficient (Wildman–Crippen LogP) is 0.892. The Kier molecular flexibility index (Phi) is 4.68. The zero-order chi connectivity index (χ0) is 14.8. The Labute approximate surface area is 121 Å². The molecule has 5 heteroatoms. The van der Waals surface area contributed by atoms with Crippen molar-refractivity contribution in [1.82, 2.24) is 15.5 Å². The summed E-state index contributed by atoms with van der Waals surface area (Å²) in [5.74, 6) is 0.636. The van der Waals surface area contributed by atoms with Gasteiger partial charge in [-0.15, -0.1) is 0 Å². The molecule has 2 amide bonds. The average Bonchev–Trinajstić information content (AvgIpc) is 3.23. The largest absolute Gasteiger partial charge is 0.353 e. The number of likely N-dealkylation sites (tertiary alicyclic amines) is 1. The molecular weight excluding hydrogens is 254 g/mol. The van der Waals surface area contributed by atoms with E-state index in [0.29, 0.717) is 0 Å². The number of hydrogen-bond acceptors (Lipinski definition) is 3. The number of likely N-dealkylation sites (N-methyl/N-ethyl adjacent to an activating group) is 1. The van der Waals surface area contributed by atoms with E-state index >= 15 is 0 Å². The molecule has 114 valence electrons. The van der Waals surface area contributed by atoms with Crippen LogP contribution in [-0.4, -0.2) is 47.9 Å². The van der Waals surface area contributed by atoms with Crippen LogP contribution in [0.2, 0.25) is 0 Å². The van der Waals surface area contributed by atoms with Gasteiger partial charge in [0.2, 0.25) is 11.8 Å². The minimum Gasteiger partial charge on any atom is -0.353 e. The number of rotatable bonds is 5. The van der Waals surface area contributed by atoms with Crippen molar-refractivity contribution in [3.63, 3.8) is 0 Å². The van der Waals surface area contributed by atoms with Crippen LogP contribution in [0.1, 0.15) is 46.5 Å². The third-order valence-electron chi connectivity index (χ3n) is 4.23. The molecular formula is C15H27N3O2. The van der Waals surface area contributed by atoms with Crippen molar-refractivity contribution in [2.45, 2.75) is 58.0 Å². The first-order valence-corrected chi connectivity index (χ1v) is 7.79. The summed E-state index contributed by atoms with van der Waals surface area (Å²) in [6.45, 7) is 8.13. The molecule has 1 aliphatic heterocycles. The van der Waals surface area contributed by atoms with Crippen LogP contribution in [0.5, 0.6) is 0 Å². The lowest BCUT2D eigenvalue weighted by molar-refractivity contribution is -0.138. The molecule has 0 aromatic heterocycles. The molecule has 1 saturated carbocycles. The van der Waals surface area contributed by atoms with Crippen LogP contribution >= 0.6 is 0 Å². The number of carbonyl (C=O) groups is 2. The molecule has 0 spiro atoms. The zero-order valence-electron chi connectivity index (χ0n) is 12.9. The topological polar surface area (TPSA) is 61.4 Å². The first-order chi connectivity index (χ1) is 9.44. The molecule has 20 heavy (non-hydrogen) atoms. The fourth-order valence-electron chi connectivity index (χ4n) is 2.80. The Hall–Kier alpha value is -1.10. The number of carbonyl (C=O) groups excluding carboxylic acids is 2. The van der Waals surface area contributed by atoms with Crippen molar-refractivity contribution in [3.8, 4) is 0 Å². The normalized spacial score (nSPS) is 20.9. The lowest BCUT2D eigenvalue weighted by Gasteiger charge is -2.37. The van der Waals surface area contributed by atoms with Gasteiger partial charge in [-0.2, -0.15) is 0 Å². The molecule has 5 nitrogen and oxygen atoms in total. The summed E-state index contributed by atoms with van der Waals surface area (Å²) < 4.78 is 0. The van der Waals surface area contributed by atoms with E-state index in [2.05, 4.69) is 10.6 Å². The van der Waals surface area contributed by atoms with Gasteiger partial charge in [0.1, 0.15) is 0 Å². The van der Waals surface area contributed by atoms with Gasteiger partial charge in [-0.3, -0.25) is 9.59 Å². The van der Waals surface area contributed by atoms with Gasteiger partial charge in [-0.25, -0.2) is 0 Å². The Morgan fingerprint density at radius 3 is 2.25 bits per heavy atom. The van der Waals surface area contributed by atoms with Crippen LogP contribution in [0.4, 0.5) is 0 Å². The molecule has 0 bridgehead atoms. The molecule has 2 N–H and O–H groups in total. The summed E-state index contributed by atoms with van der Waals surface area (Å²) in [7, 11) is 0. The molecule has 0 radical (unpaired) electrons. The minimum atomic E-state index is -0.501. The van der Waals surface area contributed by atoms with E-state index < -0.39 is 5.54 Å². The fourth-order valence-corrected chi connectivity index (χ4v) is 2.80. The van der Waals surface area contributed by atoms with Crippen molar-refractivity contribution in [1.29, 1.82) is 0 Å². The van der Waals surface area contributed by atoms with Crippen molar-refractivity contribution in [2.75, 3.05) is 19.6 Å². The zero-order valence-corrected chi connectivity index (χ0v) is 12.9. The van der Waals surface area contributed by atoms with Gasteiger partial charge in [-0.1, -0.05) is 6.92 Å². The summed E-state index contributed by atoms with van der Waals surface area (Å²) in [5, 5.41) is 6.34. The lowest BCUT2D eigenvalue weighted by atomic mass is 9.99. The van der Waals surface area contributed by atoms with E-state index in [1.54, 1.807) is 0 Å². The number of amides is 2. The molecule has 1 saturated heterocycles. The Morgan fingerprint density at radius 1 is 1.15 bits per heavy atom. The lowest BCUT2D eigenvalue weighted by Crippen LogP contribution is -2.57. The number of nitrogens with zero attached hydrogens (tertiary/aromatic N) is 1. The monoisotopic (exact) mass is 281 g/mol. The standard InChI is InChI=1S/C15H27N3O2/c1-4-16-15(2,3)14(20)18-9-7-12(8-10-18)17-13(19)11-5-6-11/h11-12,16H,4-10H2,1-3H3,(H,17,19). The average molecular weight is 281 g/mol. The summed E-state index contributed by atoms with van der Waals surface area (Å²) in [6.07, 6.45) is 3.82. The van der Waals surface area contributed by atoms with E-state index in [1.807, 2.05) is 25.7 Å². The molecule has 1 aliphatic carbocycles. The van der Waals surface area contributed by atoms with Gasteiger partial charge >= 0.3 is 0 Å². The fraction of sp³-hybridized carbons (Fsp3) is 0.867. The van der Waals surface area contributed by atoms with Gasteiger partial charge in [-0.05, 0) is 46.1 Å². The second-order valence-corrected chi connectivity index (χ2v) is 6.50. The van der Waals surface area contributed by atoms with E-state index in [1.165, 1.54) is 0 Å². The highest BCUT2D eigenvalue weighted by Crippen LogP contribution is 2.29. The van der Waals surface area contributed by atoms with Gasteiger partial charge in [0.15, 0.2) is 0 Å². The van der Waals surface area contributed by atoms with Crippen LogP contribution in [0.15, 0.2) is 0 Å². The quantitative estimate of drug-likeness (QED) is 0.787. The highest BCUT2D eigenvalue weighted by molar-refractivity contribution is 5.85. The van der Waals surface area contributed by atoms with Crippen LogP contribution < -0.4 is 10.6 Å². The van der Waals surface area contributed by atoms with Crippen LogP contribution in [-0.2, 0) is 9.59 Å². The Balaban J connectivity index is 1.78. The Morgan fingerprint density at radius 2 is 1.75 bits per heavy atom. The Bertz CT molecular complexity index is 369. The van der Waals surface area contributed by atoms with Crippen LogP contribution in [0.25, 0.3) is 0 Å². The molecule has 0 unspecified atom stereocenters. The van der Waals surface area contributed by atoms with E-state index in [4.69, 9.17) is 0 Å². The molecule has 1 heterocycles. The molecule has 2 fully saturated rings. The number of hydrogen-bond donors (Lipinski definition) is 2.